The van der Waals surface area contributed by atoms with E-state index >= 15 is 0 Å². The molecule has 29 heavy (non-hydrogen) atoms. The Morgan fingerprint density at radius 3 is 2.41 bits per heavy atom. The van der Waals surface area contributed by atoms with Gasteiger partial charge in [0.1, 0.15) is 0 Å². The molecule has 0 unspecified atom stereocenters. The maximum atomic E-state index is 12.5. The summed E-state index contributed by atoms with van der Waals surface area (Å²) in [6, 6.07) is 13.7. The maximum absolute atomic E-state index is 12.5. The number of non-ortho nitro benzene ring substituents is 1. The maximum Gasteiger partial charge on any atom is 0.271 e. The Balaban J connectivity index is 1.68. The van der Waals surface area contributed by atoms with E-state index in [1.807, 2.05) is 24.3 Å². The van der Waals surface area contributed by atoms with Crippen LogP contribution in [0.1, 0.15) is 21.5 Å². The molecule has 0 saturated heterocycles. The summed E-state index contributed by atoms with van der Waals surface area (Å²) in [5.74, 6) is -0.119. The second-order valence-electron chi connectivity index (χ2n) is 6.50. The summed E-state index contributed by atoms with van der Waals surface area (Å²) in [7, 11) is 1.72. The third kappa shape index (κ3) is 4.70. The highest BCUT2D eigenvalue weighted by Gasteiger charge is 2.14. The number of anilines is 2. The Morgan fingerprint density at radius 1 is 1.17 bits per heavy atom. The lowest BCUT2D eigenvalue weighted by Crippen LogP contribution is -2.26. The van der Waals surface area contributed by atoms with Crippen LogP contribution in [0.3, 0.4) is 0 Å². The van der Waals surface area contributed by atoms with E-state index in [1.165, 1.54) is 12.1 Å². The minimum Gasteiger partial charge on any atom is -0.380 e. The van der Waals surface area contributed by atoms with Crippen molar-refractivity contribution in [3.8, 4) is 0 Å². The minimum atomic E-state index is -0.467. The van der Waals surface area contributed by atoms with Crippen LogP contribution in [-0.2, 0) is 6.54 Å². The molecule has 0 atom stereocenters. The highest BCUT2D eigenvalue weighted by molar-refractivity contribution is 6.33. The first kappa shape index (κ1) is 20.3. The lowest BCUT2D eigenvalue weighted by molar-refractivity contribution is -0.384. The fourth-order valence-corrected chi connectivity index (χ4v) is 3.22. The number of carbonyl (C=O) groups is 1. The minimum absolute atomic E-state index is 0.0377. The summed E-state index contributed by atoms with van der Waals surface area (Å²) in [5, 5.41) is 14.4. The predicted molar refractivity (Wildman–Crippen MR) is 114 cm³/mol. The number of nitro benzene ring substituents is 1. The molecular weight excluding hydrogens is 392 g/mol. The number of aryl methyl sites for hydroxylation is 1. The third-order valence-corrected chi connectivity index (χ3v) is 4.81. The Morgan fingerprint density at radius 2 is 1.83 bits per heavy atom. The topological polar surface area (TPSA) is 88.4 Å². The lowest BCUT2D eigenvalue weighted by atomic mass is 10.1. The smallest absolute Gasteiger partial charge is 0.271 e. The standard InChI is InChI=1S/C21H19ClN4O3/c1-14-11-18(26(28)29)12-19(22)20(14)24-13-15-3-5-17(6-4-15)25(2)21(27)16-7-9-23-10-8-16/h3-12,24H,13H2,1-2H3. The van der Waals surface area contributed by atoms with Gasteiger partial charge in [0, 0.05) is 49.4 Å². The Labute approximate surface area is 173 Å². The molecule has 0 fully saturated rings. The van der Waals surface area contributed by atoms with E-state index in [4.69, 9.17) is 11.6 Å². The zero-order valence-electron chi connectivity index (χ0n) is 15.9. The zero-order valence-corrected chi connectivity index (χ0v) is 16.7. The first-order valence-corrected chi connectivity index (χ1v) is 9.20. The summed E-state index contributed by atoms with van der Waals surface area (Å²) in [4.78, 5) is 28.5. The van der Waals surface area contributed by atoms with Crippen LogP contribution in [0.5, 0.6) is 0 Å². The number of hydrogen-bond donors (Lipinski definition) is 1. The molecular formula is C21H19ClN4O3. The van der Waals surface area contributed by atoms with Crippen molar-refractivity contribution in [2.24, 2.45) is 0 Å². The molecule has 1 heterocycles. The SMILES string of the molecule is Cc1cc([N+](=O)[O-])cc(Cl)c1NCc1ccc(N(C)C(=O)c2ccncc2)cc1. The van der Waals surface area contributed by atoms with E-state index in [-0.39, 0.29) is 11.6 Å². The molecule has 8 heteroatoms. The van der Waals surface area contributed by atoms with Crippen LogP contribution in [-0.4, -0.2) is 22.9 Å². The van der Waals surface area contributed by atoms with Crippen LogP contribution in [0.15, 0.2) is 60.9 Å². The zero-order chi connectivity index (χ0) is 21.0. The first-order valence-electron chi connectivity index (χ1n) is 8.82. The molecule has 0 aliphatic rings. The highest BCUT2D eigenvalue weighted by Crippen LogP contribution is 2.31. The van der Waals surface area contributed by atoms with Crippen molar-refractivity contribution in [1.82, 2.24) is 4.98 Å². The second-order valence-corrected chi connectivity index (χ2v) is 6.90. The van der Waals surface area contributed by atoms with Gasteiger partial charge in [0.05, 0.1) is 15.6 Å². The van der Waals surface area contributed by atoms with E-state index in [1.54, 1.807) is 43.4 Å². The quantitative estimate of drug-likeness (QED) is 0.464. The molecule has 7 nitrogen and oxygen atoms in total. The molecule has 1 N–H and O–H groups in total. The summed E-state index contributed by atoms with van der Waals surface area (Å²) >= 11 is 6.19. The first-order chi connectivity index (χ1) is 13.9. The van der Waals surface area contributed by atoms with E-state index in [0.717, 1.165) is 11.3 Å². The molecule has 3 rings (SSSR count). The van der Waals surface area contributed by atoms with Crippen LogP contribution in [0, 0.1) is 17.0 Å². The third-order valence-electron chi connectivity index (χ3n) is 4.51. The average Bonchev–Trinajstić information content (AvgIpc) is 2.73. The normalized spacial score (nSPS) is 10.4. The molecule has 0 aliphatic heterocycles. The van der Waals surface area contributed by atoms with Crippen molar-refractivity contribution in [2.45, 2.75) is 13.5 Å². The van der Waals surface area contributed by atoms with Crippen LogP contribution >= 0.6 is 11.6 Å². The van der Waals surface area contributed by atoms with Crippen molar-refractivity contribution in [2.75, 3.05) is 17.3 Å². The van der Waals surface area contributed by atoms with Gasteiger partial charge in [-0.15, -0.1) is 0 Å². The Bertz CT molecular complexity index is 1020. The fourth-order valence-electron chi connectivity index (χ4n) is 2.89. The van der Waals surface area contributed by atoms with Crippen LogP contribution in [0.4, 0.5) is 17.1 Å². The van der Waals surface area contributed by atoms with Gasteiger partial charge in [-0.1, -0.05) is 23.7 Å². The largest absolute Gasteiger partial charge is 0.380 e. The van der Waals surface area contributed by atoms with E-state index in [2.05, 4.69) is 10.3 Å². The fraction of sp³-hybridized carbons (Fsp3) is 0.143. The number of halogens is 1. The molecule has 0 aliphatic carbocycles. The van der Waals surface area contributed by atoms with E-state index < -0.39 is 4.92 Å². The van der Waals surface area contributed by atoms with Gasteiger partial charge in [-0.2, -0.15) is 0 Å². The summed E-state index contributed by atoms with van der Waals surface area (Å²) in [5.41, 5.74) is 3.63. The molecule has 0 saturated carbocycles. The number of nitrogens with zero attached hydrogens (tertiary/aromatic N) is 3. The summed E-state index contributed by atoms with van der Waals surface area (Å²) in [6.45, 7) is 2.25. The summed E-state index contributed by atoms with van der Waals surface area (Å²) in [6.07, 6.45) is 3.17. The van der Waals surface area contributed by atoms with E-state index in [9.17, 15) is 14.9 Å². The monoisotopic (exact) mass is 410 g/mol. The van der Waals surface area contributed by atoms with Gasteiger partial charge in [-0.05, 0) is 42.3 Å². The number of amides is 1. The lowest BCUT2D eigenvalue weighted by Gasteiger charge is -2.18. The number of carbonyl (C=O) groups excluding carboxylic acids is 1. The highest BCUT2D eigenvalue weighted by atomic mass is 35.5. The number of rotatable bonds is 6. The number of benzene rings is 2. The summed E-state index contributed by atoms with van der Waals surface area (Å²) < 4.78 is 0. The predicted octanol–water partition coefficient (Wildman–Crippen LogP) is 4.84. The average molecular weight is 411 g/mol. The van der Waals surface area contributed by atoms with Gasteiger partial charge in [-0.25, -0.2) is 0 Å². The van der Waals surface area contributed by atoms with Gasteiger partial charge >= 0.3 is 0 Å². The molecule has 2 aromatic carbocycles. The number of nitro groups is 1. The number of pyridine rings is 1. The van der Waals surface area contributed by atoms with Gasteiger partial charge in [0.2, 0.25) is 0 Å². The number of aromatic nitrogens is 1. The molecule has 148 valence electrons. The van der Waals surface area contributed by atoms with Gasteiger partial charge in [0.25, 0.3) is 11.6 Å². The molecule has 0 spiro atoms. The van der Waals surface area contributed by atoms with Crippen molar-refractivity contribution >= 4 is 34.6 Å². The van der Waals surface area contributed by atoms with Crippen molar-refractivity contribution < 1.29 is 9.72 Å². The van der Waals surface area contributed by atoms with Gasteiger partial charge < -0.3 is 10.2 Å². The number of nitrogens with one attached hydrogen (secondary N) is 1. The molecule has 1 aromatic heterocycles. The van der Waals surface area contributed by atoms with E-state index in [0.29, 0.717) is 28.4 Å². The van der Waals surface area contributed by atoms with Gasteiger partial charge in [0.15, 0.2) is 0 Å². The Kier molecular flexibility index (Phi) is 6.09. The van der Waals surface area contributed by atoms with Crippen LogP contribution in [0.2, 0.25) is 5.02 Å². The molecule has 1 amide bonds. The van der Waals surface area contributed by atoms with Crippen LogP contribution < -0.4 is 10.2 Å². The second kappa shape index (κ2) is 8.70. The Hall–Kier alpha value is -3.45. The van der Waals surface area contributed by atoms with Crippen LogP contribution in [0.25, 0.3) is 0 Å². The van der Waals surface area contributed by atoms with Crippen molar-refractivity contribution in [3.05, 3.63) is 92.8 Å². The number of hydrogen-bond acceptors (Lipinski definition) is 5. The molecule has 3 aromatic rings. The van der Waals surface area contributed by atoms with Crippen molar-refractivity contribution in [1.29, 1.82) is 0 Å². The molecule has 0 bridgehead atoms. The van der Waals surface area contributed by atoms with Crippen molar-refractivity contribution in [3.63, 3.8) is 0 Å². The molecule has 0 radical (unpaired) electrons. The van der Waals surface area contributed by atoms with Gasteiger partial charge in [-0.3, -0.25) is 19.9 Å².